The highest BCUT2D eigenvalue weighted by atomic mass is 19.4. The van der Waals surface area contributed by atoms with Gasteiger partial charge in [0.15, 0.2) is 6.61 Å². The Morgan fingerprint density at radius 2 is 1.69 bits per heavy atom. The van der Waals surface area contributed by atoms with Crippen molar-refractivity contribution in [3.63, 3.8) is 0 Å². The Labute approximate surface area is 162 Å². The largest absolute Gasteiger partial charge is 0.454 e. The van der Waals surface area contributed by atoms with Gasteiger partial charge in [0.25, 0.3) is 17.7 Å². The highest BCUT2D eigenvalue weighted by Crippen LogP contribution is 2.29. The second-order valence-electron chi connectivity index (χ2n) is 5.80. The number of imide groups is 1. The lowest BCUT2D eigenvalue weighted by molar-refractivity contribution is -0.147. The van der Waals surface area contributed by atoms with Crippen molar-refractivity contribution in [3.05, 3.63) is 59.4 Å². The van der Waals surface area contributed by atoms with Gasteiger partial charge in [-0.15, -0.1) is 0 Å². The van der Waals surface area contributed by atoms with Crippen LogP contribution in [0.2, 0.25) is 0 Å². The first kappa shape index (κ1) is 21.7. The van der Waals surface area contributed by atoms with E-state index in [0.29, 0.717) is 0 Å². The summed E-state index contributed by atoms with van der Waals surface area (Å²) in [6, 6.07) is 6.51. The van der Waals surface area contributed by atoms with Crippen LogP contribution in [0.4, 0.5) is 13.2 Å². The standard InChI is InChI=1S/C18H16F3N3O5/c1-24-8-2-3-13(24)17(28)23-14(25)10-29-15(26)9-22-16(27)11-4-6-12(7-5-11)18(19,20)21/h2-8H,9-10H2,1H3,(H,22,27)(H,23,25,28). The van der Waals surface area contributed by atoms with Crippen LogP contribution >= 0.6 is 0 Å². The van der Waals surface area contributed by atoms with E-state index in [9.17, 15) is 32.3 Å². The first-order valence-corrected chi connectivity index (χ1v) is 8.14. The fraction of sp³-hybridized carbons (Fsp3) is 0.222. The third kappa shape index (κ3) is 6.19. The van der Waals surface area contributed by atoms with Crippen molar-refractivity contribution in [2.75, 3.05) is 13.2 Å². The molecule has 0 saturated carbocycles. The number of hydrogen-bond acceptors (Lipinski definition) is 5. The number of benzene rings is 1. The average Bonchev–Trinajstić information content (AvgIpc) is 3.10. The van der Waals surface area contributed by atoms with Crippen LogP contribution in [0.1, 0.15) is 26.4 Å². The molecule has 0 spiro atoms. The van der Waals surface area contributed by atoms with E-state index in [0.717, 1.165) is 24.3 Å². The van der Waals surface area contributed by atoms with Crippen molar-refractivity contribution >= 4 is 23.7 Å². The molecule has 0 unspecified atom stereocenters. The number of ether oxygens (including phenoxy) is 1. The number of carbonyl (C=O) groups excluding carboxylic acids is 4. The Balaban J connectivity index is 1.75. The number of aryl methyl sites for hydroxylation is 1. The molecule has 2 N–H and O–H groups in total. The maximum atomic E-state index is 12.5. The maximum absolute atomic E-state index is 12.5. The lowest BCUT2D eigenvalue weighted by atomic mass is 10.1. The van der Waals surface area contributed by atoms with Crippen molar-refractivity contribution in [1.82, 2.24) is 15.2 Å². The Morgan fingerprint density at radius 1 is 1.03 bits per heavy atom. The van der Waals surface area contributed by atoms with Gasteiger partial charge in [0, 0.05) is 18.8 Å². The van der Waals surface area contributed by atoms with E-state index in [2.05, 4.69) is 10.1 Å². The van der Waals surface area contributed by atoms with Crippen LogP contribution < -0.4 is 10.6 Å². The topological polar surface area (TPSA) is 106 Å². The molecule has 2 aromatic rings. The summed E-state index contributed by atoms with van der Waals surface area (Å²) in [5.41, 5.74) is -0.769. The summed E-state index contributed by atoms with van der Waals surface area (Å²) in [6.07, 6.45) is -2.92. The molecule has 0 bridgehead atoms. The van der Waals surface area contributed by atoms with Crippen molar-refractivity contribution in [2.24, 2.45) is 7.05 Å². The monoisotopic (exact) mass is 411 g/mol. The van der Waals surface area contributed by atoms with E-state index in [1.807, 2.05) is 5.32 Å². The van der Waals surface area contributed by atoms with Crippen LogP contribution in [0.15, 0.2) is 42.6 Å². The second kappa shape index (κ2) is 9.04. The van der Waals surface area contributed by atoms with Gasteiger partial charge in [0.05, 0.1) is 5.56 Å². The molecule has 2 rings (SSSR count). The van der Waals surface area contributed by atoms with Crippen molar-refractivity contribution in [2.45, 2.75) is 6.18 Å². The first-order chi connectivity index (χ1) is 13.6. The zero-order valence-electron chi connectivity index (χ0n) is 15.1. The third-order valence-corrected chi connectivity index (χ3v) is 3.66. The zero-order valence-corrected chi connectivity index (χ0v) is 15.1. The SMILES string of the molecule is Cn1cccc1C(=O)NC(=O)COC(=O)CNC(=O)c1ccc(C(F)(F)F)cc1. The summed E-state index contributed by atoms with van der Waals surface area (Å²) in [4.78, 5) is 46.9. The Hall–Kier alpha value is -3.63. The molecule has 11 heteroatoms. The normalized spacial score (nSPS) is 10.9. The molecule has 0 saturated heterocycles. The van der Waals surface area contributed by atoms with Crippen LogP contribution in [-0.2, 0) is 27.5 Å². The van der Waals surface area contributed by atoms with E-state index in [1.165, 1.54) is 10.6 Å². The van der Waals surface area contributed by atoms with E-state index in [1.54, 1.807) is 19.3 Å². The summed E-state index contributed by atoms with van der Waals surface area (Å²) in [7, 11) is 1.61. The Bertz CT molecular complexity index is 920. The van der Waals surface area contributed by atoms with E-state index in [-0.39, 0.29) is 11.3 Å². The van der Waals surface area contributed by atoms with Gasteiger partial charge in [0.2, 0.25) is 0 Å². The molecule has 1 heterocycles. The molecule has 0 aliphatic rings. The predicted molar refractivity (Wildman–Crippen MR) is 92.6 cm³/mol. The molecule has 154 valence electrons. The number of halogens is 3. The minimum atomic E-state index is -4.53. The lowest BCUT2D eigenvalue weighted by Gasteiger charge is -2.09. The highest BCUT2D eigenvalue weighted by molar-refractivity contribution is 6.04. The molecule has 0 aliphatic heterocycles. The van der Waals surface area contributed by atoms with Crippen molar-refractivity contribution in [1.29, 1.82) is 0 Å². The molecule has 29 heavy (non-hydrogen) atoms. The molecule has 0 fully saturated rings. The summed E-state index contributed by atoms with van der Waals surface area (Å²) in [5.74, 6) is -3.29. The number of carbonyl (C=O) groups is 4. The van der Waals surface area contributed by atoms with E-state index < -0.39 is 48.6 Å². The van der Waals surface area contributed by atoms with Gasteiger partial charge in [0.1, 0.15) is 12.2 Å². The predicted octanol–water partition coefficient (Wildman–Crippen LogP) is 1.27. The van der Waals surface area contributed by atoms with Crippen LogP contribution in [0.5, 0.6) is 0 Å². The minimum Gasteiger partial charge on any atom is -0.454 e. The highest BCUT2D eigenvalue weighted by Gasteiger charge is 2.30. The van der Waals surface area contributed by atoms with Crippen LogP contribution in [0, 0.1) is 0 Å². The van der Waals surface area contributed by atoms with Gasteiger partial charge in [-0.1, -0.05) is 0 Å². The van der Waals surface area contributed by atoms with Crippen LogP contribution in [-0.4, -0.2) is 41.4 Å². The Morgan fingerprint density at radius 3 is 2.24 bits per heavy atom. The van der Waals surface area contributed by atoms with Gasteiger partial charge in [-0.25, -0.2) is 0 Å². The molecule has 1 aromatic carbocycles. The van der Waals surface area contributed by atoms with Crippen molar-refractivity contribution in [3.8, 4) is 0 Å². The van der Waals surface area contributed by atoms with E-state index in [4.69, 9.17) is 0 Å². The lowest BCUT2D eigenvalue weighted by Crippen LogP contribution is -2.37. The fourth-order valence-corrected chi connectivity index (χ4v) is 2.19. The smallest absolute Gasteiger partial charge is 0.416 e. The number of nitrogens with zero attached hydrogens (tertiary/aromatic N) is 1. The Kier molecular flexibility index (Phi) is 6.75. The summed E-state index contributed by atoms with van der Waals surface area (Å²) in [6.45, 7) is -1.36. The molecular formula is C18H16F3N3O5. The molecule has 1 aromatic heterocycles. The molecule has 0 atom stereocenters. The molecule has 0 radical (unpaired) electrons. The minimum absolute atomic E-state index is 0.0864. The molecule has 8 nitrogen and oxygen atoms in total. The summed E-state index contributed by atoms with van der Waals surface area (Å²) >= 11 is 0. The van der Waals surface area contributed by atoms with Crippen LogP contribution in [0.3, 0.4) is 0 Å². The third-order valence-electron chi connectivity index (χ3n) is 3.66. The fourth-order valence-electron chi connectivity index (χ4n) is 2.19. The van der Waals surface area contributed by atoms with E-state index >= 15 is 0 Å². The van der Waals surface area contributed by atoms with Gasteiger partial charge < -0.3 is 14.6 Å². The molecule has 0 aliphatic carbocycles. The number of aromatic nitrogens is 1. The number of amides is 3. The average molecular weight is 411 g/mol. The molecular weight excluding hydrogens is 395 g/mol. The van der Waals surface area contributed by atoms with Gasteiger partial charge >= 0.3 is 12.1 Å². The zero-order chi connectivity index (χ0) is 21.6. The number of nitrogens with one attached hydrogen (secondary N) is 2. The van der Waals surface area contributed by atoms with Crippen LogP contribution in [0.25, 0.3) is 0 Å². The molecule has 3 amide bonds. The van der Waals surface area contributed by atoms with Crippen molar-refractivity contribution < 1.29 is 37.1 Å². The van der Waals surface area contributed by atoms with Gasteiger partial charge in [-0.2, -0.15) is 13.2 Å². The summed E-state index contributed by atoms with van der Waals surface area (Å²) in [5, 5.41) is 4.19. The number of alkyl halides is 3. The quantitative estimate of drug-likeness (QED) is 0.697. The number of esters is 1. The van der Waals surface area contributed by atoms with Gasteiger partial charge in [-0.05, 0) is 36.4 Å². The number of hydrogen-bond donors (Lipinski definition) is 2. The van der Waals surface area contributed by atoms with Gasteiger partial charge in [-0.3, -0.25) is 24.5 Å². The summed E-state index contributed by atoms with van der Waals surface area (Å²) < 4.78 is 43.6. The number of rotatable bonds is 6. The second-order valence-corrected chi connectivity index (χ2v) is 5.80. The first-order valence-electron chi connectivity index (χ1n) is 8.14. The maximum Gasteiger partial charge on any atom is 0.416 e.